The van der Waals surface area contributed by atoms with Gasteiger partial charge in [-0.3, -0.25) is 9.59 Å². The number of carbonyl (C=O) groups excluding carboxylic acids is 2. The fourth-order valence-corrected chi connectivity index (χ4v) is 2.38. The Morgan fingerprint density at radius 3 is 2.50 bits per heavy atom. The number of methoxy groups -OCH3 is 1. The van der Waals surface area contributed by atoms with Gasteiger partial charge >= 0.3 is 0 Å². The molecule has 0 aliphatic rings. The monoisotopic (exact) mass is 328 g/mol. The molecule has 2 aromatic rings. The van der Waals surface area contributed by atoms with Crippen LogP contribution in [0.3, 0.4) is 0 Å². The lowest BCUT2D eigenvalue weighted by molar-refractivity contribution is -0.119. The molecule has 4 N–H and O–H groups in total. The first kappa shape index (κ1) is 17.3. The van der Waals surface area contributed by atoms with Gasteiger partial charge in [-0.2, -0.15) is 0 Å². The summed E-state index contributed by atoms with van der Waals surface area (Å²) in [6, 6.07) is 11.5. The third-order valence-electron chi connectivity index (χ3n) is 3.62. The van der Waals surface area contributed by atoms with Crippen LogP contribution in [0.1, 0.15) is 21.5 Å². The number of phenols is 1. The van der Waals surface area contributed by atoms with Crippen molar-refractivity contribution >= 4 is 11.8 Å². The molecule has 126 valence electrons. The predicted molar refractivity (Wildman–Crippen MR) is 90.0 cm³/mol. The minimum absolute atomic E-state index is 0.0335. The number of aromatic hydroxyl groups is 1. The van der Waals surface area contributed by atoms with E-state index >= 15 is 0 Å². The Kier molecular flexibility index (Phi) is 5.42. The van der Waals surface area contributed by atoms with Crippen molar-refractivity contribution < 1.29 is 19.4 Å². The molecule has 0 aromatic heterocycles. The number of ether oxygens (including phenoxy) is 1. The van der Waals surface area contributed by atoms with Crippen molar-refractivity contribution in [3.63, 3.8) is 0 Å². The van der Waals surface area contributed by atoms with Crippen molar-refractivity contribution in [3.8, 4) is 11.5 Å². The molecular formula is C18H20N2O4. The summed E-state index contributed by atoms with van der Waals surface area (Å²) in [7, 11) is 1.40. The minimum Gasteiger partial charge on any atom is -0.504 e. The van der Waals surface area contributed by atoms with E-state index in [4.69, 9.17) is 10.5 Å². The fraction of sp³-hybridized carbons (Fsp3) is 0.222. The highest BCUT2D eigenvalue weighted by atomic mass is 16.5. The zero-order valence-electron chi connectivity index (χ0n) is 13.6. The Balaban J connectivity index is 2.22. The third-order valence-corrected chi connectivity index (χ3v) is 3.62. The number of carbonyl (C=O) groups is 2. The van der Waals surface area contributed by atoms with Gasteiger partial charge in [0.25, 0.3) is 5.91 Å². The zero-order valence-corrected chi connectivity index (χ0v) is 13.6. The second kappa shape index (κ2) is 7.50. The standard InChI is InChI=1S/C18H20N2O4/c1-11-8-13(16(21)15(9-11)24-2)18(23)20-14(17(19)22)10-12-6-4-3-5-7-12/h3-9,14,21H,10H2,1-2H3,(H2,19,22)(H,20,23)/t14-/m1/s1. The number of benzene rings is 2. The van der Waals surface area contributed by atoms with Gasteiger partial charge < -0.3 is 20.9 Å². The van der Waals surface area contributed by atoms with Gasteiger partial charge in [0.1, 0.15) is 6.04 Å². The lowest BCUT2D eigenvalue weighted by atomic mass is 10.0. The molecule has 0 spiro atoms. The first-order chi connectivity index (χ1) is 11.4. The van der Waals surface area contributed by atoms with Crippen LogP contribution in [-0.4, -0.2) is 30.1 Å². The van der Waals surface area contributed by atoms with Gasteiger partial charge in [0, 0.05) is 6.42 Å². The van der Waals surface area contributed by atoms with E-state index in [9.17, 15) is 14.7 Å². The average molecular weight is 328 g/mol. The van der Waals surface area contributed by atoms with Crippen LogP contribution in [0.25, 0.3) is 0 Å². The maximum atomic E-state index is 12.5. The summed E-state index contributed by atoms with van der Waals surface area (Å²) < 4.78 is 5.04. The number of aryl methyl sites for hydroxylation is 1. The molecule has 0 saturated heterocycles. The van der Waals surface area contributed by atoms with E-state index in [0.717, 1.165) is 11.1 Å². The van der Waals surface area contributed by atoms with Crippen molar-refractivity contribution in [2.24, 2.45) is 5.73 Å². The van der Waals surface area contributed by atoms with Crippen LogP contribution in [-0.2, 0) is 11.2 Å². The number of nitrogens with one attached hydrogen (secondary N) is 1. The average Bonchev–Trinajstić information content (AvgIpc) is 2.56. The number of rotatable bonds is 6. The minimum atomic E-state index is -0.884. The molecule has 0 heterocycles. The van der Waals surface area contributed by atoms with Crippen LogP contribution in [0.4, 0.5) is 0 Å². The molecule has 0 unspecified atom stereocenters. The molecule has 0 saturated carbocycles. The van der Waals surface area contributed by atoms with Gasteiger partial charge in [-0.25, -0.2) is 0 Å². The van der Waals surface area contributed by atoms with Crippen molar-refractivity contribution in [2.75, 3.05) is 7.11 Å². The number of hydrogen-bond acceptors (Lipinski definition) is 4. The van der Waals surface area contributed by atoms with Crippen LogP contribution in [0.15, 0.2) is 42.5 Å². The van der Waals surface area contributed by atoms with E-state index < -0.39 is 17.9 Å². The van der Waals surface area contributed by atoms with Crippen LogP contribution >= 0.6 is 0 Å². The third kappa shape index (κ3) is 4.04. The Morgan fingerprint density at radius 1 is 1.25 bits per heavy atom. The van der Waals surface area contributed by atoms with Crippen molar-refractivity contribution in [1.82, 2.24) is 5.32 Å². The van der Waals surface area contributed by atoms with E-state index in [1.54, 1.807) is 13.0 Å². The largest absolute Gasteiger partial charge is 0.504 e. The smallest absolute Gasteiger partial charge is 0.255 e. The highest BCUT2D eigenvalue weighted by Gasteiger charge is 2.22. The van der Waals surface area contributed by atoms with E-state index in [0.29, 0.717) is 0 Å². The maximum Gasteiger partial charge on any atom is 0.255 e. The summed E-state index contributed by atoms with van der Waals surface area (Å²) in [6.07, 6.45) is 0.269. The maximum absolute atomic E-state index is 12.5. The molecule has 1 atom stereocenters. The molecular weight excluding hydrogens is 308 g/mol. The summed E-state index contributed by atoms with van der Waals surface area (Å²) >= 11 is 0. The highest BCUT2D eigenvalue weighted by Crippen LogP contribution is 2.31. The first-order valence-electron chi connectivity index (χ1n) is 7.44. The summed E-state index contributed by atoms with van der Waals surface area (Å²) in [5.41, 5.74) is 7.04. The van der Waals surface area contributed by atoms with Crippen molar-refractivity contribution in [1.29, 1.82) is 0 Å². The van der Waals surface area contributed by atoms with Gasteiger partial charge in [0.2, 0.25) is 5.91 Å². The van der Waals surface area contributed by atoms with Crippen LogP contribution in [0.2, 0.25) is 0 Å². The van der Waals surface area contributed by atoms with Gasteiger partial charge in [-0.1, -0.05) is 30.3 Å². The number of nitrogens with two attached hydrogens (primary N) is 1. The molecule has 0 radical (unpaired) electrons. The van der Waals surface area contributed by atoms with E-state index in [-0.39, 0.29) is 23.5 Å². The molecule has 0 fully saturated rings. The van der Waals surface area contributed by atoms with Crippen molar-refractivity contribution in [3.05, 3.63) is 59.2 Å². The van der Waals surface area contributed by atoms with Gasteiger partial charge in [-0.05, 0) is 30.2 Å². The summed E-state index contributed by atoms with van der Waals surface area (Å²) in [4.78, 5) is 24.1. The van der Waals surface area contributed by atoms with E-state index in [1.165, 1.54) is 13.2 Å². The lowest BCUT2D eigenvalue weighted by Crippen LogP contribution is -2.45. The molecule has 6 nitrogen and oxygen atoms in total. The number of amides is 2. The Morgan fingerprint density at radius 2 is 1.92 bits per heavy atom. The van der Waals surface area contributed by atoms with Gasteiger partial charge in [0.05, 0.1) is 12.7 Å². The Bertz CT molecular complexity index is 744. The van der Waals surface area contributed by atoms with Crippen LogP contribution < -0.4 is 15.8 Å². The second-order valence-electron chi connectivity index (χ2n) is 5.48. The number of phenolic OH excluding ortho intramolecular Hbond substituents is 1. The molecule has 0 aliphatic carbocycles. The second-order valence-corrected chi connectivity index (χ2v) is 5.48. The van der Waals surface area contributed by atoms with E-state index in [2.05, 4.69) is 5.32 Å². The summed E-state index contributed by atoms with van der Waals surface area (Å²) in [6.45, 7) is 1.77. The molecule has 6 heteroatoms. The fourth-order valence-electron chi connectivity index (χ4n) is 2.38. The highest BCUT2D eigenvalue weighted by molar-refractivity contribution is 6.00. The quantitative estimate of drug-likeness (QED) is 0.748. The SMILES string of the molecule is COc1cc(C)cc(C(=O)N[C@H](Cc2ccccc2)C(N)=O)c1O. The summed E-state index contributed by atoms with van der Waals surface area (Å²) in [5, 5.41) is 12.7. The normalized spacial score (nSPS) is 11.6. The van der Waals surface area contributed by atoms with Gasteiger partial charge in [-0.15, -0.1) is 0 Å². The Labute approximate surface area is 140 Å². The van der Waals surface area contributed by atoms with Crippen molar-refractivity contribution in [2.45, 2.75) is 19.4 Å². The van der Waals surface area contributed by atoms with Crippen LogP contribution in [0, 0.1) is 6.92 Å². The number of primary amides is 1. The van der Waals surface area contributed by atoms with Gasteiger partial charge in [0.15, 0.2) is 11.5 Å². The predicted octanol–water partition coefficient (Wildman–Crippen LogP) is 1.54. The zero-order chi connectivity index (χ0) is 17.7. The number of hydrogen-bond donors (Lipinski definition) is 3. The van der Waals surface area contributed by atoms with E-state index in [1.807, 2.05) is 30.3 Å². The first-order valence-corrected chi connectivity index (χ1v) is 7.44. The van der Waals surface area contributed by atoms with Crippen LogP contribution in [0.5, 0.6) is 11.5 Å². The summed E-state index contributed by atoms with van der Waals surface area (Å²) in [5.74, 6) is -1.32. The molecule has 2 rings (SSSR count). The Hall–Kier alpha value is -3.02. The molecule has 2 amide bonds. The topological polar surface area (TPSA) is 102 Å². The molecule has 2 aromatic carbocycles. The lowest BCUT2D eigenvalue weighted by Gasteiger charge is -2.17. The molecule has 0 bridgehead atoms. The molecule has 24 heavy (non-hydrogen) atoms. The molecule has 0 aliphatic heterocycles.